The van der Waals surface area contributed by atoms with Gasteiger partial charge in [0, 0.05) is 6.54 Å². The van der Waals surface area contributed by atoms with Gasteiger partial charge in [0.2, 0.25) is 0 Å². The van der Waals surface area contributed by atoms with Crippen molar-refractivity contribution in [3.05, 3.63) is 0 Å². The molecule has 1 N–H and O–H groups in total. The summed E-state index contributed by atoms with van der Waals surface area (Å²) < 4.78 is 23.0. The van der Waals surface area contributed by atoms with E-state index < -0.39 is 9.84 Å². The summed E-state index contributed by atoms with van der Waals surface area (Å²) in [6, 6.07) is 0. The SMILES string of the molecule is CC(C)CNCC1(C2CCS(=O)(=O)C2)CC1. The van der Waals surface area contributed by atoms with E-state index in [-0.39, 0.29) is 0 Å². The van der Waals surface area contributed by atoms with Crippen LogP contribution in [0.2, 0.25) is 0 Å². The second-order valence-corrected chi connectivity index (χ2v) is 8.22. The van der Waals surface area contributed by atoms with E-state index in [1.54, 1.807) is 0 Å². The molecule has 0 aromatic carbocycles. The molecule has 0 radical (unpaired) electrons. The molecule has 1 aliphatic heterocycles. The zero-order chi connectivity index (χ0) is 11.8. The Hall–Kier alpha value is -0.0900. The van der Waals surface area contributed by atoms with Gasteiger partial charge in [0.25, 0.3) is 0 Å². The molecule has 1 heterocycles. The summed E-state index contributed by atoms with van der Waals surface area (Å²) in [5.74, 6) is 1.96. The van der Waals surface area contributed by atoms with Crippen molar-refractivity contribution >= 4 is 9.84 Å². The molecule has 2 aliphatic rings. The average Bonchev–Trinajstić information content (AvgIpc) is 2.85. The maximum Gasteiger partial charge on any atom is 0.150 e. The van der Waals surface area contributed by atoms with Crippen LogP contribution >= 0.6 is 0 Å². The van der Waals surface area contributed by atoms with E-state index in [1.165, 1.54) is 12.8 Å². The Balaban J connectivity index is 1.84. The maximum absolute atomic E-state index is 11.5. The molecule has 0 bridgehead atoms. The highest BCUT2D eigenvalue weighted by atomic mass is 32.2. The molecule has 0 aromatic rings. The summed E-state index contributed by atoms with van der Waals surface area (Å²) in [5, 5.41) is 3.50. The second kappa shape index (κ2) is 4.30. The Bertz CT molecular complexity index is 344. The highest BCUT2D eigenvalue weighted by Gasteiger charge is 2.51. The summed E-state index contributed by atoms with van der Waals surface area (Å²) in [6.07, 6.45) is 3.34. The molecule has 3 nitrogen and oxygen atoms in total. The Kier molecular flexibility index (Phi) is 3.32. The molecule has 16 heavy (non-hydrogen) atoms. The number of rotatable bonds is 5. The molecule has 1 saturated heterocycles. The molecule has 4 heteroatoms. The van der Waals surface area contributed by atoms with Crippen LogP contribution in [0.4, 0.5) is 0 Å². The van der Waals surface area contributed by atoms with Crippen LogP contribution in [0, 0.1) is 17.3 Å². The van der Waals surface area contributed by atoms with E-state index in [2.05, 4.69) is 19.2 Å². The van der Waals surface area contributed by atoms with E-state index in [4.69, 9.17) is 0 Å². The van der Waals surface area contributed by atoms with Crippen LogP contribution < -0.4 is 5.32 Å². The lowest BCUT2D eigenvalue weighted by Gasteiger charge is -2.22. The molecule has 1 atom stereocenters. The number of hydrogen-bond acceptors (Lipinski definition) is 3. The second-order valence-electron chi connectivity index (χ2n) is 5.99. The van der Waals surface area contributed by atoms with E-state index >= 15 is 0 Å². The zero-order valence-corrected chi connectivity index (χ0v) is 11.1. The van der Waals surface area contributed by atoms with Gasteiger partial charge in [0.15, 0.2) is 9.84 Å². The summed E-state index contributed by atoms with van der Waals surface area (Å²) in [4.78, 5) is 0. The van der Waals surface area contributed by atoms with Crippen LogP contribution in [0.25, 0.3) is 0 Å². The molecule has 0 aromatic heterocycles. The number of nitrogens with one attached hydrogen (secondary N) is 1. The Morgan fingerprint density at radius 3 is 2.50 bits per heavy atom. The van der Waals surface area contributed by atoms with Gasteiger partial charge in [-0.05, 0) is 43.1 Å². The predicted octanol–water partition coefficient (Wildman–Crippen LogP) is 1.45. The lowest BCUT2D eigenvalue weighted by Crippen LogP contribution is -2.32. The number of sulfone groups is 1. The largest absolute Gasteiger partial charge is 0.316 e. The molecule has 1 unspecified atom stereocenters. The summed E-state index contributed by atoms with van der Waals surface area (Å²) in [6.45, 7) is 6.46. The topological polar surface area (TPSA) is 46.2 Å². The van der Waals surface area contributed by atoms with E-state index in [9.17, 15) is 8.42 Å². The molecular formula is C12H23NO2S. The van der Waals surface area contributed by atoms with Crippen LogP contribution in [-0.4, -0.2) is 33.0 Å². The van der Waals surface area contributed by atoms with E-state index in [0.717, 1.165) is 19.5 Å². The quantitative estimate of drug-likeness (QED) is 0.797. The highest BCUT2D eigenvalue weighted by Crippen LogP contribution is 2.54. The smallest absolute Gasteiger partial charge is 0.150 e. The first kappa shape index (κ1) is 12.4. The van der Waals surface area contributed by atoms with Crippen molar-refractivity contribution in [3.8, 4) is 0 Å². The zero-order valence-electron chi connectivity index (χ0n) is 10.3. The average molecular weight is 245 g/mol. The van der Waals surface area contributed by atoms with Crippen LogP contribution in [-0.2, 0) is 9.84 Å². The van der Waals surface area contributed by atoms with Gasteiger partial charge in [0.05, 0.1) is 11.5 Å². The third kappa shape index (κ3) is 2.77. The Morgan fingerprint density at radius 2 is 2.06 bits per heavy atom. The monoisotopic (exact) mass is 245 g/mol. The number of hydrogen-bond donors (Lipinski definition) is 1. The van der Waals surface area contributed by atoms with Crippen LogP contribution in [0.3, 0.4) is 0 Å². The predicted molar refractivity (Wildman–Crippen MR) is 66.1 cm³/mol. The van der Waals surface area contributed by atoms with Crippen molar-refractivity contribution in [1.82, 2.24) is 5.32 Å². The first-order valence-electron chi connectivity index (χ1n) is 6.35. The van der Waals surface area contributed by atoms with Crippen LogP contribution in [0.5, 0.6) is 0 Å². The van der Waals surface area contributed by atoms with Gasteiger partial charge >= 0.3 is 0 Å². The minimum Gasteiger partial charge on any atom is -0.316 e. The van der Waals surface area contributed by atoms with Gasteiger partial charge in [-0.3, -0.25) is 0 Å². The molecule has 2 rings (SSSR count). The van der Waals surface area contributed by atoms with E-state index in [0.29, 0.717) is 28.8 Å². The van der Waals surface area contributed by atoms with Crippen molar-refractivity contribution in [3.63, 3.8) is 0 Å². The highest BCUT2D eigenvalue weighted by molar-refractivity contribution is 7.91. The van der Waals surface area contributed by atoms with Crippen molar-refractivity contribution < 1.29 is 8.42 Å². The van der Waals surface area contributed by atoms with Gasteiger partial charge < -0.3 is 5.32 Å². The lowest BCUT2D eigenvalue weighted by molar-refractivity contribution is 0.315. The first-order valence-corrected chi connectivity index (χ1v) is 8.17. The molecule has 1 aliphatic carbocycles. The van der Waals surface area contributed by atoms with Crippen molar-refractivity contribution in [1.29, 1.82) is 0 Å². The summed E-state index contributed by atoms with van der Waals surface area (Å²) >= 11 is 0. The van der Waals surface area contributed by atoms with Gasteiger partial charge in [0.1, 0.15) is 0 Å². The fourth-order valence-corrected chi connectivity index (χ4v) is 4.72. The van der Waals surface area contributed by atoms with Crippen LogP contribution in [0.1, 0.15) is 33.1 Å². The summed E-state index contributed by atoms with van der Waals surface area (Å²) in [5.41, 5.74) is 0.332. The van der Waals surface area contributed by atoms with Gasteiger partial charge in [-0.2, -0.15) is 0 Å². The molecule has 94 valence electrons. The molecule has 2 fully saturated rings. The Labute approximate surface area is 98.9 Å². The van der Waals surface area contributed by atoms with E-state index in [1.807, 2.05) is 0 Å². The van der Waals surface area contributed by atoms with Crippen molar-refractivity contribution in [2.75, 3.05) is 24.6 Å². The van der Waals surface area contributed by atoms with Gasteiger partial charge in [-0.1, -0.05) is 13.8 Å². The molecule has 1 saturated carbocycles. The third-order valence-electron chi connectivity index (χ3n) is 4.02. The van der Waals surface area contributed by atoms with Crippen molar-refractivity contribution in [2.45, 2.75) is 33.1 Å². The normalized spacial score (nSPS) is 30.8. The lowest BCUT2D eigenvalue weighted by atomic mass is 9.88. The molecule has 0 spiro atoms. The fourth-order valence-electron chi connectivity index (χ4n) is 2.78. The summed E-state index contributed by atoms with van der Waals surface area (Å²) in [7, 11) is -2.71. The molecular weight excluding hydrogens is 222 g/mol. The van der Waals surface area contributed by atoms with Gasteiger partial charge in [-0.15, -0.1) is 0 Å². The maximum atomic E-state index is 11.5. The van der Waals surface area contributed by atoms with Gasteiger partial charge in [-0.25, -0.2) is 8.42 Å². The fraction of sp³-hybridized carbons (Fsp3) is 1.00. The molecule has 0 amide bonds. The third-order valence-corrected chi connectivity index (χ3v) is 5.79. The van der Waals surface area contributed by atoms with Crippen LogP contribution in [0.15, 0.2) is 0 Å². The standard InChI is InChI=1S/C12H23NO2S/c1-10(2)7-13-9-12(4-5-12)11-3-6-16(14,15)8-11/h10-11,13H,3-9H2,1-2H3. The van der Waals surface area contributed by atoms with Crippen molar-refractivity contribution in [2.24, 2.45) is 17.3 Å². The minimum absolute atomic E-state index is 0.332. The minimum atomic E-state index is -2.71. The Morgan fingerprint density at radius 1 is 1.38 bits per heavy atom. The first-order chi connectivity index (χ1) is 7.44.